The summed E-state index contributed by atoms with van der Waals surface area (Å²) in [6, 6.07) is 19.7. The third kappa shape index (κ3) is 2.70. The van der Waals surface area contributed by atoms with Crippen LogP contribution in [-0.2, 0) is 12.0 Å². The number of benzene rings is 3. The Morgan fingerprint density at radius 2 is 1.79 bits per heavy atom. The van der Waals surface area contributed by atoms with Gasteiger partial charge in [-0.15, -0.1) is 0 Å². The summed E-state index contributed by atoms with van der Waals surface area (Å²) < 4.78 is 0. The van der Waals surface area contributed by atoms with Gasteiger partial charge in [-0.2, -0.15) is 0 Å². The van der Waals surface area contributed by atoms with E-state index in [9.17, 15) is 20.0 Å². The van der Waals surface area contributed by atoms with E-state index in [2.05, 4.69) is 5.32 Å². The van der Waals surface area contributed by atoms with Crippen molar-refractivity contribution in [2.75, 3.05) is 5.32 Å². The molecular formula is C22H18N2O4. The van der Waals surface area contributed by atoms with Gasteiger partial charge in [0.1, 0.15) is 0 Å². The number of para-hydroxylation sites is 1. The van der Waals surface area contributed by atoms with Gasteiger partial charge in [-0.25, -0.2) is 4.79 Å². The summed E-state index contributed by atoms with van der Waals surface area (Å²) >= 11 is 0. The number of nitrogens with zero attached hydrogens (tertiary/aromatic N) is 1. The number of nitro groups is 1. The number of aryl methyl sites for hydroxylation is 1. The van der Waals surface area contributed by atoms with Crippen molar-refractivity contribution in [2.45, 2.75) is 18.9 Å². The number of hydrogen-bond donors (Lipinski definition) is 2. The SMILES string of the molecule is Cc1ccccc1C1(c2ccc(C(=O)O)cc2[N+](=O)[O-])Cc2ccccc2N1. The molecule has 140 valence electrons. The van der Waals surface area contributed by atoms with E-state index in [-0.39, 0.29) is 11.3 Å². The Bertz CT molecular complexity index is 1080. The van der Waals surface area contributed by atoms with Crippen molar-refractivity contribution >= 4 is 17.3 Å². The standard InChI is InChI=1S/C22H18N2O4/c1-14-6-2-4-8-17(14)22(13-16-7-3-5-9-19(16)23-22)18-11-10-15(21(25)26)12-20(18)24(27)28/h2-12,23H,13H2,1H3,(H,25,26). The molecule has 1 atom stereocenters. The fraction of sp³-hybridized carbons (Fsp3) is 0.136. The molecule has 0 spiro atoms. The minimum absolute atomic E-state index is 0.106. The Morgan fingerprint density at radius 3 is 2.46 bits per heavy atom. The first-order valence-electron chi connectivity index (χ1n) is 8.87. The summed E-state index contributed by atoms with van der Waals surface area (Å²) in [5, 5.41) is 24.7. The molecule has 3 aromatic rings. The number of carboxylic acid groups (broad SMARTS) is 1. The molecule has 0 saturated heterocycles. The number of nitrogens with one attached hydrogen (secondary N) is 1. The molecule has 0 radical (unpaired) electrons. The lowest BCUT2D eigenvalue weighted by atomic mass is 9.77. The Balaban J connectivity index is 2.00. The molecular weight excluding hydrogens is 356 g/mol. The fourth-order valence-corrected chi connectivity index (χ4v) is 4.05. The maximum absolute atomic E-state index is 11.9. The second-order valence-corrected chi connectivity index (χ2v) is 6.97. The van der Waals surface area contributed by atoms with Crippen LogP contribution in [0.15, 0.2) is 66.7 Å². The third-order valence-corrected chi connectivity index (χ3v) is 5.33. The zero-order valence-electron chi connectivity index (χ0n) is 15.2. The molecule has 1 aliphatic heterocycles. The van der Waals surface area contributed by atoms with E-state index in [1.165, 1.54) is 6.07 Å². The van der Waals surface area contributed by atoms with Crippen LogP contribution in [0.4, 0.5) is 11.4 Å². The summed E-state index contributed by atoms with van der Waals surface area (Å²) in [4.78, 5) is 22.7. The highest BCUT2D eigenvalue weighted by atomic mass is 16.6. The van der Waals surface area contributed by atoms with Crippen LogP contribution < -0.4 is 5.32 Å². The Kier molecular flexibility index (Phi) is 4.11. The van der Waals surface area contributed by atoms with E-state index in [0.29, 0.717) is 12.0 Å². The van der Waals surface area contributed by atoms with E-state index in [1.807, 2.05) is 55.5 Å². The lowest BCUT2D eigenvalue weighted by Gasteiger charge is -2.32. The van der Waals surface area contributed by atoms with Crippen LogP contribution >= 0.6 is 0 Å². The molecule has 0 bridgehead atoms. The maximum atomic E-state index is 11.9. The number of anilines is 1. The van der Waals surface area contributed by atoms with Crippen LogP contribution in [0.3, 0.4) is 0 Å². The van der Waals surface area contributed by atoms with Gasteiger partial charge < -0.3 is 10.4 Å². The van der Waals surface area contributed by atoms with Gasteiger partial charge in [-0.3, -0.25) is 10.1 Å². The van der Waals surface area contributed by atoms with Crippen molar-refractivity contribution in [1.29, 1.82) is 0 Å². The number of fused-ring (bicyclic) bond motifs is 1. The van der Waals surface area contributed by atoms with Crippen LogP contribution in [0, 0.1) is 17.0 Å². The topological polar surface area (TPSA) is 92.5 Å². The van der Waals surface area contributed by atoms with Gasteiger partial charge in [0.2, 0.25) is 0 Å². The number of carboxylic acids is 1. The number of carbonyl (C=O) groups is 1. The molecule has 28 heavy (non-hydrogen) atoms. The zero-order chi connectivity index (χ0) is 19.9. The number of nitro benzene ring substituents is 1. The molecule has 0 fully saturated rings. The van der Waals surface area contributed by atoms with Crippen molar-refractivity contribution in [3.8, 4) is 0 Å². The Morgan fingerprint density at radius 1 is 1.07 bits per heavy atom. The van der Waals surface area contributed by atoms with Crippen LogP contribution in [0.2, 0.25) is 0 Å². The first-order valence-corrected chi connectivity index (χ1v) is 8.87. The highest BCUT2D eigenvalue weighted by Gasteiger charge is 2.44. The molecule has 6 heteroatoms. The van der Waals surface area contributed by atoms with E-state index >= 15 is 0 Å². The van der Waals surface area contributed by atoms with Gasteiger partial charge in [0.05, 0.1) is 21.6 Å². The number of aromatic carboxylic acids is 1. The summed E-state index contributed by atoms with van der Waals surface area (Å²) in [5.41, 5.74) is 3.19. The van der Waals surface area contributed by atoms with Gasteiger partial charge >= 0.3 is 5.97 Å². The molecule has 4 rings (SSSR count). The molecule has 1 aliphatic rings. The second kappa shape index (κ2) is 6.49. The van der Waals surface area contributed by atoms with Crippen LogP contribution in [0.25, 0.3) is 0 Å². The lowest BCUT2D eigenvalue weighted by molar-refractivity contribution is -0.386. The second-order valence-electron chi connectivity index (χ2n) is 6.97. The Hall–Kier alpha value is -3.67. The summed E-state index contributed by atoms with van der Waals surface area (Å²) in [5.74, 6) is -1.19. The highest BCUT2D eigenvalue weighted by Crippen LogP contribution is 2.47. The largest absolute Gasteiger partial charge is 0.478 e. The fourth-order valence-electron chi connectivity index (χ4n) is 4.05. The van der Waals surface area contributed by atoms with Crippen LogP contribution in [0.5, 0.6) is 0 Å². The maximum Gasteiger partial charge on any atom is 0.335 e. The quantitative estimate of drug-likeness (QED) is 0.518. The average Bonchev–Trinajstić information content (AvgIpc) is 3.08. The minimum atomic E-state index is -1.19. The van der Waals surface area contributed by atoms with E-state index in [1.54, 1.807) is 6.07 Å². The normalized spacial score (nSPS) is 17.6. The van der Waals surface area contributed by atoms with Gasteiger partial charge in [-0.1, -0.05) is 42.5 Å². The summed E-state index contributed by atoms with van der Waals surface area (Å²) in [6.45, 7) is 1.97. The van der Waals surface area contributed by atoms with Gasteiger partial charge in [0, 0.05) is 18.2 Å². The Labute approximate surface area is 161 Å². The molecule has 2 N–H and O–H groups in total. The van der Waals surface area contributed by atoms with Gasteiger partial charge in [0.25, 0.3) is 5.69 Å². The lowest BCUT2D eigenvalue weighted by Crippen LogP contribution is -2.36. The molecule has 3 aromatic carbocycles. The van der Waals surface area contributed by atoms with Crippen LogP contribution in [0.1, 0.15) is 32.6 Å². The molecule has 0 amide bonds. The molecule has 1 heterocycles. The van der Waals surface area contributed by atoms with E-state index in [4.69, 9.17) is 0 Å². The van der Waals surface area contributed by atoms with Crippen LogP contribution in [-0.4, -0.2) is 16.0 Å². The molecule has 6 nitrogen and oxygen atoms in total. The van der Waals surface area contributed by atoms with Crippen molar-refractivity contribution < 1.29 is 14.8 Å². The van der Waals surface area contributed by atoms with Gasteiger partial charge in [0.15, 0.2) is 0 Å². The van der Waals surface area contributed by atoms with Crippen molar-refractivity contribution in [1.82, 2.24) is 0 Å². The minimum Gasteiger partial charge on any atom is -0.478 e. The van der Waals surface area contributed by atoms with Crippen molar-refractivity contribution in [3.63, 3.8) is 0 Å². The predicted molar refractivity (Wildman–Crippen MR) is 106 cm³/mol. The monoisotopic (exact) mass is 374 g/mol. The predicted octanol–water partition coefficient (Wildman–Crippen LogP) is 4.51. The summed E-state index contributed by atoms with van der Waals surface area (Å²) in [6.07, 6.45) is 0.529. The number of rotatable bonds is 4. The van der Waals surface area contributed by atoms with E-state index < -0.39 is 16.4 Å². The zero-order valence-corrected chi connectivity index (χ0v) is 15.2. The third-order valence-electron chi connectivity index (χ3n) is 5.33. The van der Waals surface area contributed by atoms with Crippen molar-refractivity contribution in [3.05, 3.63) is 105 Å². The molecule has 0 aliphatic carbocycles. The molecule has 0 saturated carbocycles. The first-order chi connectivity index (χ1) is 13.4. The molecule has 0 aromatic heterocycles. The van der Waals surface area contributed by atoms with Crippen molar-refractivity contribution in [2.24, 2.45) is 0 Å². The van der Waals surface area contributed by atoms with E-state index in [0.717, 1.165) is 28.4 Å². The van der Waals surface area contributed by atoms with Gasteiger partial charge in [-0.05, 0) is 41.8 Å². The molecule has 1 unspecified atom stereocenters. The summed E-state index contributed by atoms with van der Waals surface area (Å²) in [7, 11) is 0. The average molecular weight is 374 g/mol. The number of hydrogen-bond acceptors (Lipinski definition) is 4. The highest BCUT2D eigenvalue weighted by molar-refractivity contribution is 5.89. The smallest absolute Gasteiger partial charge is 0.335 e. The first kappa shape index (κ1) is 17.7.